The maximum Gasteiger partial charge on any atom is 0.254 e. The summed E-state index contributed by atoms with van der Waals surface area (Å²) in [6.45, 7) is 3.78. The lowest BCUT2D eigenvalue weighted by Gasteiger charge is -2.35. The molecule has 1 fully saturated rings. The van der Waals surface area contributed by atoms with Crippen LogP contribution in [-0.4, -0.2) is 59.0 Å². The van der Waals surface area contributed by atoms with Gasteiger partial charge in [0.1, 0.15) is 5.75 Å². The predicted octanol–water partition coefficient (Wildman–Crippen LogP) is 3.18. The molecule has 140 valence electrons. The lowest BCUT2D eigenvalue weighted by atomic mass is 10.1. The molecule has 0 radical (unpaired) electrons. The highest BCUT2D eigenvalue weighted by Crippen LogP contribution is 2.24. The first-order valence-electron chi connectivity index (χ1n) is 8.91. The van der Waals surface area contributed by atoms with Crippen LogP contribution in [0.3, 0.4) is 0 Å². The van der Waals surface area contributed by atoms with Crippen molar-refractivity contribution in [1.29, 1.82) is 0 Å². The minimum Gasteiger partial charge on any atom is -0.496 e. The number of aromatic nitrogens is 2. The Morgan fingerprint density at radius 2 is 2.00 bits per heavy atom. The second-order valence-corrected chi connectivity index (χ2v) is 7.10. The fraction of sp³-hybridized carbons (Fsp3) is 0.300. The number of benzene rings is 2. The van der Waals surface area contributed by atoms with Crippen LogP contribution in [0.5, 0.6) is 5.75 Å². The van der Waals surface area contributed by atoms with Crippen molar-refractivity contribution < 1.29 is 9.53 Å². The van der Waals surface area contributed by atoms with Crippen LogP contribution in [-0.2, 0) is 6.54 Å². The first-order chi connectivity index (χ1) is 13.1. The molecule has 0 spiro atoms. The van der Waals surface area contributed by atoms with Gasteiger partial charge in [-0.25, -0.2) is 4.98 Å². The highest BCUT2D eigenvalue weighted by atomic mass is 35.5. The Balaban J connectivity index is 1.40. The zero-order valence-electron chi connectivity index (χ0n) is 15.1. The number of carbonyl (C=O) groups excluding carboxylic acids is 1. The van der Waals surface area contributed by atoms with Crippen molar-refractivity contribution in [1.82, 2.24) is 19.8 Å². The molecule has 1 amide bonds. The number of fused-ring (bicyclic) bond motifs is 1. The van der Waals surface area contributed by atoms with Gasteiger partial charge in [0.25, 0.3) is 5.91 Å². The summed E-state index contributed by atoms with van der Waals surface area (Å²) in [5, 5.41) is 0.703. The third-order valence-corrected chi connectivity index (χ3v) is 5.20. The summed E-state index contributed by atoms with van der Waals surface area (Å²) in [6, 6.07) is 11.3. The molecule has 27 heavy (non-hydrogen) atoms. The van der Waals surface area contributed by atoms with Gasteiger partial charge in [-0.1, -0.05) is 11.6 Å². The summed E-state index contributed by atoms with van der Waals surface area (Å²) in [7, 11) is 1.67. The second-order valence-electron chi connectivity index (χ2n) is 6.66. The molecule has 4 rings (SSSR count). The number of nitrogens with one attached hydrogen (secondary N) is 1. The van der Waals surface area contributed by atoms with E-state index in [2.05, 4.69) is 14.9 Å². The maximum atomic E-state index is 12.8. The van der Waals surface area contributed by atoms with E-state index in [1.807, 2.05) is 41.3 Å². The van der Waals surface area contributed by atoms with Gasteiger partial charge in [0.2, 0.25) is 0 Å². The van der Waals surface area contributed by atoms with E-state index in [1.165, 1.54) is 0 Å². The molecule has 6 nitrogen and oxygen atoms in total. The third-order valence-electron chi connectivity index (χ3n) is 4.96. The Hall–Kier alpha value is -2.57. The van der Waals surface area contributed by atoms with Crippen molar-refractivity contribution in [2.45, 2.75) is 6.54 Å². The van der Waals surface area contributed by atoms with Crippen LogP contribution in [0.2, 0.25) is 5.02 Å². The quantitative estimate of drug-likeness (QED) is 0.750. The molecule has 0 saturated carbocycles. The number of piperazine rings is 1. The highest BCUT2D eigenvalue weighted by molar-refractivity contribution is 6.30. The molecule has 1 aromatic heterocycles. The van der Waals surface area contributed by atoms with Gasteiger partial charge >= 0.3 is 0 Å². The number of nitrogens with zero attached hydrogens (tertiary/aromatic N) is 3. The molecule has 0 unspecified atom stereocenters. The smallest absolute Gasteiger partial charge is 0.254 e. The van der Waals surface area contributed by atoms with Crippen LogP contribution in [0, 0.1) is 0 Å². The number of methoxy groups -OCH3 is 1. The molecular formula is C20H21ClN4O2. The molecule has 0 bridgehead atoms. The van der Waals surface area contributed by atoms with Gasteiger partial charge in [0.05, 0.1) is 24.5 Å². The standard InChI is InChI=1S/C20H21ClN4O2/c1-27-19-5-3-16(21)10-15(19)12-24-6-8-25(9-7-24)20(26)14-2-4-17-18(11-14)23-13-22-17/h2-5,10-11,13H,6-9,12H2,1H3,(H,22,23). The normalized spacial score (nSPS) is 15.3. The average molecular weight is 385 g/mol. The van der Waals surface area contributed by atoms with E-state index in [0.717, 1.165) is 42.0 Å². The summed E-state index contributed by atoms with van der Waals surface area (Å²) in [4.78, 5) is 24.3. The topological polar surface area (TPSA) is 61.5 Å². The largest absolute Gasteiger partial charge is 0.496 e. The molecule has 1 saturated heterocycles. The van der Waals surface area contributed by atoms with Gasteiger partial charge < -0.3 is 14.6 Å². The number of carbonyl (C=O) groups is 1. The van der Waals surface area contributed by atoms with E-state index in [1.54, 1.807) is 13.4 Å². The van der Waals surface area contributed by atoms with E-state index in [4.69, 9.17) is 16.3 Å². The number of ether oxygens (including phenoxy) is 1. The Morgan fingerprint density at radius 1 is 1.19 bits per heavy atom. The van der Waals surface area contributed by atoms with Gasteiger partial charge in [-0.3, -0.25) is 9.69 Å². The van der Waals surface area contributed by atoms with Crippen LogP contribution in [0.15, 0.2) is 42.7 Å². The van der Waals surface area contributed by atoms with Crippen molar-refractivity contribution in [3.8, 4) is 5.75 Å². The van der Waals surface area contributed by atoms with Crippen molar-refractivity contribution in [3.05, 3.63) is 58.9 Å². The Morgan fingerprint density at radius 3 is 2.78 bits per heavy atom. The van der Waals surface area contributed by atoms with Gasteiger partial charge in [0, 0.05) is 48.9 Å². The minimum absolute atomic E-state index is 0.0616. The van der Waals surface area contributed by atoms with Gasteiger partial charge in [-0.05, 0) is 36.4 Å². The average Bonchev–Trinajstić information content (AvgIpc) is 3.16. The fourth-order valence-electron chi connectivity index (χ4n) is 3.47. The van der Waals surface area contributed by atoms with Crippen molar-refractivity contribution in [2.24, 2.45) is 0 Å². The number of H-pyrrole nitrogens is 1. The van der Waals surface area contributed by atoms with E-state index >= 15 is 0 Å². The van der Waals surface area contributed by atoms with Crippen molar-refractivity contribution >= 4 is 28.5 Å². The molecule has 1 aliphatic rings. The van der Waals surface area contributed by atoms with Crippen LogP contribution < -0.4 is 4.74 Å². The van der Waals surface area contributed by atoms with Gasteiger partial charge in [-0.2, -0.15) is 0 Å². The zero-order valence-corrected chi connectivity index (χ0v) is 15.9. The molecule has 1 N–H and O–H groups in total. The first-order valence-corrected chi connectivity index (χ1v) is 9.29. The van der Waals surface area contributed by atoms with Gasteiger partial charge in [-0.15, -0.1) is 0 Å². The van der Waals surface area contributed by atoms with E-state index < -0.39 is 0 Å². The Kier molecular flexibility index (Phi) is 5.01. The van der Waals surface area contributed by atoms with Crippen molar-refractivity contribution in [3.63, 3.8) is 0 Å². The SMILES string of the molecule is COc1ccc(Cl)cc1CN1CCN(C(=O)c2ccc3nc[nH]c3c2)CC1. The molecule has 0 aliphatic carbocycles. The molecule has 1 aliphatic heterocycles. The number of hydrogen-bond donors (Lipinski definition) is 1. The maximum absolute atomic E-state index is 12.8. The third kappa shape index (κ3) is 3.77. The molecule has 2 aromatic carbocycles. The number of amides is 1. The Labute approximate surface area is 162 Å². The predicted molar refractivity (Wildman–Crippen MR) is 105 cm³/mol. The monoisotopic (exact) mass is 384 g/mol. The molecule has 3 aromatic rings. The van der Waals surface area contributed by atoms with E-state index in [-0.39, 0.29) is 5.91 Å². The summed E-state index contributed by atoms with van der Waals surface area (Å²) in [5.41, 5.74) is 3.51. The van der Waals surface area contributed by atoms with E-state index in [0.29, 0.717) is 23.7 Å². The minimum atomic E-state index is 0.0616. The second kappa shape index (κ2) is 7.58. The summed E-state index contributed by atoms with van der Waals surface area (Å²) in [5.74, 6) is 0.900. The molecule has 0 atom stereocenters. The number of rotatable bonds is 4. The van der Waals surface area contributed by atoms with Crippen LogP contribution >= 0.6 is 11.6 Å². The number of hydrogen-bond acceptors (Lipinski definition) is 4. The molecular weight excluding hydrogens is 364 g/mol. The first kappa shape index (κ1) is 17.8. The lowest BCUT2D eigenvalue weighted by molar-refractivity contribution is 0.0627. The highest BCUT2D eigenvalue weighted by Gasteiger charge is 2.23. The fourth-order valence-corrected chi connectivity index (χ4v) is 3.67. The van der Waals surface area contributed by atoms with Gasteiger partial charge in [0.15, 0.2) is 0 Å². The lowest BCUT2D eigenvalue weighted by Crippen LogP contribution is -2.48. The summed E-state index contributed by atoms with van der Waals surface area (Å²) in [6.07, 6.45) is 1.64. The molecule has 7 heteroatoms. The van der Waals surface area contributed by atoms with Crippen LogP contribution in [0.4, 0.5) is 0 Å². The number of imidazole rings is 1. The zero-order chi connectivity index (χ0) is 18.8. The molecule has 2 heterocycles. The van der Waals surface area contributed by atoms with E-state index in [9.17, 15) is 4.79 Å². The number of aromatic amines is 1. The summed E-state index contributed by atoms with van der Waals surface area (Å²) >= 11 is 6.12. The van der Waals surface area contributed by atoms with Crippen molar-refractivity contribution in [2.75, 3.05) is 33.3 Å². The number of halogens is 1. The van der Waals surface area contributed by atoms with Crippen LogP contribution in [0.1, 0.15) is 15.9 Å². The Bertz CT molecular complexity index is 964. The summed E-state index contributed by atoms with van der Waals surface area (Å²) < 4.78 is 5.43. The van der Waals surface area contributed by atoms with Crippen LogP contribution in [0.25, 0.3) is 11.0 Å².